The van der Waals surface area contributed by atoms with Crippen molar-refractivity contribution in [2.45, 2.75) is 51.6 Å². The molecule has 0 radical (unpaired) electrons. The van der Waals surface area contributed by atoms with Crippen LogP contribution in [0, 0.1) is 12.3 Å². The first-order valence-corrected chi connectivity index (χ1v) is 6.52. The van der Waals surface area contributed by atoms with Crippen LogP contribution in [-0.4, -0.2) is 21.9 Å². The fourth-order valence-electron chi connectivity index (χ4n) is 2.24. The van der Waals surface area contributed by atoms with Crippen molar-refractivity contribution >= 4 is 5.84 Å². The molecule has 0 unspecified atom stereocenters. The van der Waals surface area contributed by atoms with E-state index in [1.807, 2.05) is 6.92 Å². The van der Waals surface area contributed by atoms with Crippen LogP contribution in [0.15, 0.2) is 6.07 Å². The first kappa shape index (κ1) is 12.8. The Kier molecular flexibility index (Phi) is 4.12. The van der Waals surface area contributed by atoms with Crippen LogP contribution in [0.5, 0.6) is 6.01 Å². The normalized spacial score (nSPS) is 17.2. The molecule has 0 amide bonds. The molecule has 1 aliphatic rings. The maximum Gasteiger partial charge on any atom is 0.317 e. The van der Waals surface area contributed by atoms with E-state index < -0.39 is 0 Å². The van der Waals surface area contributed by atoms with Gasteiger partial charge in [-0.3, -0.25) is 5.41 Å². The standard InChI is InChI=1S/C13H20N4O/c1-9-8-11(12(14)15)17-13(16-9)18-10-6-4-2-3-5-7-10/h8,10H,2-7H2,1H3,(H3,14,15). The summed E-state index contributed by atoms with van der Waals surface area (Å²) in [4.78, 5) is 8.43. The number of nitrogen functional groups attached to an aromatic ring is 1. The van der Waals surface area contributed by atoms with Gasteiger partial charge in [-0.2, -0.15) is 4.98 Å². The van der Waals surface area contributed by atoms with Crippen LogP contribution < -0.4 is 10.5 Å². The third-order valence-electron chi connectivity index (χ3n) is 3.18. The lowest BCUT2D eigenvalue weighted by atomic mass is 10.2. The number of rotatable bonds is 3. The van der Waals surface area contributed by atoms with Crippen molar-refractivity contribution in [2.24, 2.45) is 5.73 Å². The third kappa shape index (κ3) is 3.42. The van der Waals surface area contributed by atoms with Gasteiger partial charge < -0.3 is 10.5 Å². The number of aryl methyl sites for hydroxylation is 1. The summed E-state index contributed by atoms with van der Waals surface area (Å²) < 4.78 is 5.83. The molecule has 1 aromatic heterocycles. The molecule has 0 aliphatic heterocycles. The van der Waals surface area contributed by atoms with E-state index >= 15 is 0 Å². The van der Waals surface area contributed by atoms with E-state index in [0.717, 1.165) is 18.5 Å². The number of amidine groups is 1. The Morgan fingerprint density at radius 1 is 1.28 bits per heavy atom. The number of nitrogens with two attached hydrogens (primary N) is 1. The lowest BCUT2D eigenvalue weighted by molar-refractivity contribution is 0.167. The molecule has 18 heavy (non-hydrogen) atoms. The summed E-state index contributed by atoms with van der Waals surface area (Å²) in [6, 6.07) is 2.05. The molecule has 1 aromatic rings. The highest BCUT2D eigenvalue weighted by Crippen LogP contribution is 2.21. The molecule has 0 aromatic carbocycles. The number of nitrogens with zero attached hydrogens (tertiary/aromatic N) is 2. The van der Waals surface area contributed by atoms with E-state index in [1.54, 1.807) is 6.07 Å². The van der Waals surface area contributed by atoms with E-state index in [4.69, 9.17) is 15.9 Å². The lowest BCUT2D eigenvalue weighted by Crippen LogP contribution is -2.19. The van der Waals surface area contributed by atoms with Crippen LogP contribution in [-0.2, 0) is 0 Å². The Labute approximate surface area is 107 Å². The Balaban J connectivity index is 2.10. The molecule has 5 nitrogen and oxygen atoms in total. The van der Waals surface area contributed by atoms with Gasteiger partial charge in [-0.05, 0) is 38.7 Å². The molecule has 2 rings (SSSR count). The lowest BCUT2D eigenvalue weighted by Gasteiger charge is -2.15. The molecule has 0 spiro atoms. The number of hydrogen-bond donors (Lipinski definition) is 2. The molecule has 0 saturated heterocycles. The van der Waals surface area contributed by atoms with Crippen molar-refractivity contribution in [1.29, 1.82) is 5.41 Å². The first-order valence-electron chi connectivity index (χ1n) is 6.52. The van der Waals surface area contributed by atoms with Gasteiger partial charge in [0.05, 0.1) is 0 Å². The number of ether oxygens (including phenoxy) is 1. The van der Waals surface area contributed by atoms with Crippen LogP contribution in [0.25, 0.3) is 0 Å². The van der Waals surface area contributed by atoms with Crippen molar-refractivity contribution in [3.05, 3.63) is 17.5 Å². The molecule has 1 heterocycles. The Morgan fingerprint density at radius 2 is 1.94 bits per heavy atom. The average Bonchev–Trinajstić information content (AvgIpc) is 2.57. The molecule has 3 N–H and O–H groups in total. The fraction of sp³-hybridized carbons (Fsp3) is 0.615. The van der Waals surface area contributed by atoms with E-state index in [9.17, 15) is 0 Å². The average molecular weight is 248 g/mol. The van der Waals surface area contributed by atoms with Crippen molar-refractivity contribution in [1.82, 2.24) is 9.97 Å². The Morgan fingerprint density at radius 3 is 2.56 bits per heavy atom. The summed E-state index contributed by atoms with van der Waals surface area (Å²) >= 11 is 0. The molecule has 1 aliphatic carbocycles. The SMILES string of the molecule is Cc1cc(C(=N)N)nc(OC2CCCCCC2)n1. The minimum absolute atomic E-state index is 0.0498. The highest BCUT2D eigenvalue weighted by Gasteiger charge is 2.16. The smallest absolute Gasteiger partial charge is 0.317 e. The van der Waals surface area contributed by atoms with E-state index in [0.29, 0.717) is 11.7 Å². The Hall–Kier alpha value is -1.65. The maximum atomic E-state index is 7.42. The molecule has 1 fully saturated rings. The van der Waals surface area contributed by atoms with Crippen molar-refractivity contribution in [2.75, 3.05) is 0 Å². The van der Waals surface area contributed by atoms with Crippen molar-refractivity contribution in [3.63, 3.8) is 0 Å². The van der Waals surface area contributed by atoms with Gasteiger partial charge in [0.2, 0.25) is 0 Å². The van der Waals surface area contributed by atoms with E-state index in [2.05, 4.69) is 9.97 Å². The molecule has 0 bridgehead atoms. The maximum absolute atomic E-state index is 7.42. The van der Waals surface area contributed by atoms with Gasteiger partial charge in [-0.25, -0.2) is 4.98 Å². The summed E-state index contributed by atoms with van der Waals surface area (Å²) in [6.45, 7) is 1.86. The monoisotopic (exact) mass is 248 g/mol. The molecule has 5 heteroatoms. The van der Waals surface area contributed by atoms with E-state index in [-0.39, 0.29) is 11.9 Å². The van der Waals surface area contributed by atoms with Gasteiger partial charge in [-0.15, -0.1) is 0 Å². The third-order valence-corrected chi connectivity index (χ3v) is 3.18. The summed E-state index contributed by atoms with van der Waals surface area (Å²) in [5, 5.41) is 7.42. The molecule has 1 saturated carbocycles. The fourth-order valence-corrected chi connectivity index (χ4v) is 2.24. The molecule has 98 valence electrons. The molecular formula is C13H20N4O. The summed E-state index contributed by atoms with van der Waals surface area (Å²) in [5.74, 6) is -0.0498. The topological polar surface area (TPSA) is 84.9 Å². The zero-order valence-electron chi connectivity index (χ0n) is 10.8. The van der Waals surface area contributed by atoms with Gasteiger partial charge >= 0.3 is 6.01 Å². The first-order chi connectivity index (χ1) is 8.65. The highest BCUT2D eigenvalue weighted by atomic mass is 16.5. The number of aromatic nitrogens is 2. The van der Waals surface area contributed by atoms with E-state index in [1.165, 1.54) is 25.7 Å². The van der Waals surface area contributed by atoms with Gasteiger partial charge in [0, 0.05) is 5.69 Å². The van der Waals surface area contributed by atoms with Gasteiger partial charge in [0.25, 0.3) is 0 Å². The molecule has 0 atom stereocenters. The predicted molar refractivity (Wildman–Crippen MR) is 69.9 cm³/mol. The van der Waals surface area contributed by atoms with Crippen molar-refractivity contribution in [3.8, 4) is 6.01 Å². The van der Waals surface area contributed by atoms with Crippen LogP contribution in [0.3, 0.4) is 0 Å². The second-order valence-corrected chi connectivity index (χ2v) is 4.82. The summed E-state index contributed by atoms with van der Waals surface area (Å²) in [6.07, 6.45) is 7.31. The summed E-state index contributed by atoms with van der Waals surface area (Å²) in [7, 11) is 0. The van der Waals surface area contributed by atoms with Crippen molar-refractivity contribution < 1.29 is 4.74 Å². The van der Waals surface area contributed by atoms with Gasteiger partial charge in [0.15, 0.2) is 0 Å². The van der Waals surface area contributed by atoms with Crippen LogP contribution in [0.1, 0.15) is 49.9 Å². The minimum Gasteiger partial charge on any atom is -0.460 e. The van der Waals surface area contributed by atoms with Crippen LogP contribution >= 0.6 is 0 Å². The predicted octanol–water partition coefficient (Wildman–Crippen LogP) is 2.17. The second kappa shape index (κ2) is 5.80. The molecular weight excluding hydrogens is 228 g/mol. The summed E-state index contributed by atoms with van der Waals surface area (Å²) in [5.41, 5.74) is 6.66. The second-order valence-electron chi connectivity index (χ2n) is 4.82. The quantitative estimate of drug-likeness (QED) is 0.487. The van der Waals surface area contributed by atoms with Gasteiger partial charge in [0.1, 0.15) is 17.6 Å². The number of hydrogen-bond acceptors (Lipinski definition) is 4. The van der Waals surface area contributed by atoms with Crippen LogP contribution in [0.2, 0.25) is 0 Å². The zero-order valence-corrected chi connectivity index (χ0v) is 10.8. The number of nitrogens with one attached hydrogen (secondary N) is 1. The largest absolute Gasteiger partial charge is 0.460 e. The highest BCUT2D eigenvalue weighted by molar-refractivity contribution is 5.93. The van der Waals surface area contributed by atoms with Gasteiger partial charge in [-0.1, -0.05) is 12.8 Å². The zero-order chi connectivity index (χ0) is 13.0. The van der Waals surface area contributed by atoms with Crippen LogP contribution in [0.4, 0.5) is 0 Å². The Bertz CT molecular complexity index is 425. The minimum atomic E-state index is -0.0498.